The van der Waals surface area contributed by atoms with E-state index in [9.17, 15) is 4.79 Å². The zero-order chi connectivity index (χ0) is 23.1. The van der Waals surface area contributed by atoms with Crippen molar-refractivity contribution in [3.8, 4) is 0 Å². The van der Waals surface area contributed by atoms with Crippen LogP contribution in [0, 0.1) is 13.8 Å². The molecule has 2 unspecified atom stereocenters. The number of carbonyl (C=O) groups excluding carboxylic acids is 1. The van der Waals surface area contributed by atoms with Crippen molar-refractivity contribution in [1.29, 1.82) is 0 Å². The molecule has 1 aliphatic rings. The summed E-state index contributed by atoms with van der Waals surface area (Å²) in [5.41, 5.74) is 11.3. The number of amides is 1. The molecule has 0 bridgehead atoms. The fraction of sp³-hybridized carbons (Fsp3) is 0.519. The molecule has 5 heteroatoms. The summed E-state index contributed by atoms with van der Waals surface area (Å²) < 4.78 is 0. The molecule has 2 atom stereocenters. The van der Waals surface area contributed by atoms with Crippen LogP contribution < -0.4 is 5.73 Å². The normalized spacial score (nSPS) is 16.9. The van der Waals surface area contributed by atoms with Crippen LogP contribution in [0.2, 0.25) is 0 Å². The first-order valence-electron chi connectivity index (χ1n) is 12.0. The summed E-state index contributed by atoms with van der Waals surface area (Å²) in [7, 11) is 0. The Morgan fingerprint density at radius 2 is 1.44 bits per heavy atom. The highest BCUT2D eigenvalue weighted by Crippen LogP contribution is 2.24. The summed E-state index contributed by atoms with van der Waals surface area (Å²) in [5.74, 6) is 0.0702. The number of carbonyl (C=O) groups is 1. The zero-order valence-electron chi connectivity index (χ0n) is 20.3. The molecule has 1 heterocycles. The highest BCUT2D eigenvalue weighted by Gasteiger charge is 2.30. The predicted molar refractivity (Wildman–Crippen MR) is 133 cm³/mol. The maximum absolute atomic E-state index is 13.0. The van der Waals surface area contributed by atoms with E-state index in [1.807, 2.05) is 4.90 Å². The van der Waals surface area contributed by atoms with Gasteiger partial charge in [-0.1, -0.05) is 73.5 Å². The third-order valence-electron chi connectivity index (χ3n) is 6.75. The number of nitrogens with two attached hydrogens (primary N) is 1. The molecule has 0 aliphatic carbocycles. The van der Waals surface area contributed by atoms with Gasteiger partial charge in [0.2, 0.25) is 5.91 Å². The Morgan fingerprint density at radius 1 is 0.906 bits per heavy atom. The van der Waals surface area contributed by atoms with Gasteiger partial charge in [-0.2, -0.15) is 0 Å². The molecule has 1 amide bonds. The van der Waals surface area contributed by atoms with Crippen molar-refractivity contribution < 1.29 is 4.79 Å². The maximum Gasteiger partial charge on any atom is 0.239 e. The quantitative estimate of drug-likeness (QED) is 0.655. The first-order chi connectivity index (χ1) is 15.4. The summed E-state index contributed by atoms with van der Waals surface area (Å²) in [6.07, 6.45) is 0.591. The summed E-state index contributed by atoms with van der Waals surface area (Å²) in [4.78, 5) is 20.0. The van der Waals surface area contributed by atoms with E-state index in [-0.39, 0.29) is 5.91 Å². The van der Waals surface area contributed by atoms with Gasteiger partial charge in [0.15, 0.2) is 0 Å². The van der Waals surface area contributed by atoms with E-state index in [4.69, 9.17) is 5.73 Å². The van der Waals surface area contributed by atoms with Gasteiger partial charge in [0, 0.05) is 38.8 Å². The van der Waals surface area contributed by atoms with E-state index >= 15 is 0 Å². The number of piperazine rings is 1. The van der Waals surface area contributed by atoms with Gasteiger partial charge in [0.25, 0.3) is 0 Å². The second-order valence-corrected chi connectivity index (χ2v) is 9.07. The highest BCUT2D eigenvalue weighted by atomic mass is 16.2. The molecular formula is C27H40N4O. The second-order valence-electron chi connectivity index (χ2n) is 9.07. The van der Waals surface area contributed by atoms with Crippen molar-refractivity contribution in [2.24, 2.45) is 5.73 Å². The Balaban J connectivity index is 1.62. The van der Waals surface area contributed by atoms with Gasteiger partial charge in [-0.25, -0.2) is 0 Å². The standard InChI is InChI=1S/C27H40N4O/c1-5-29(6-2)20-26(24-13-9-22(4)10-14-24)30-15-17-31(18-16-30)27(32)25(28)19-23-11-7-21(3)8-12-23/h7-14,25-26H,5-6,15-20,28H2,1-4H3. The lowest BCUT2D eigenvalue weighted by Gasteiger charge is -2.41. The number of likely N-dealkylation sites (N-methyl/N-ethyl adjacent to an activating group) is 1. The Kier molecular flexibility index (Phi) is 8.85. The van der Waals surface area contributed by atoms with E-state index in [0.29, 0.717) is 12.5 Å². The smallest absolute Gasteiger partial charge is 0.239 e. The molecule has 0 radical (unpaired) electrons. The van der Waals surface area contributed by atoms with Crippen LogP contribution in [0.15, 0.2) is 48.5 Å². The maximum atomic E-state index is 13.0. The van der Waals surface area contributed by atoms with Gasteiger partial charge in [0.1, 0.15) is 0 Å². The monoisotopic (exact) mass is 436 g/mol. The van der Waals surface area contributed by atoms with Crippen LogP contribution in [0.4, 0.5) is 0 Å². The summed E-state index contributed by atoms with van der Waals surface area (Å²) in [6, 6.07) is 17.1. The lowest BCUT2D eigenvalue weighted by molar-refractivity contribution is -0.134. The van der Waals surface area contributed by atoms with Crippen LogP contribution in [0.5, 0.6) is 0 Å². The molecule has 2 N–H and O–H groups in total. The third kappa shape index (κ3) is 6.41. The molecule has 0 spiro atoms. The minimum Gasteiger partial charge on any atom is -0.339 e. The SMILES string of the molecule is CCN(CC)CC(c1ccc(C)cc1)N1CCN(C(=O)C(N)Cc2ccc(C)cc2)CC1. The number of aryl methyl sites for hydroxylation is 2. The number of benzene rings is 2. The van der Waals surface area contributed by atoms with Crippen molar-refractivity contribution >= 4 is 5.91 Å². The van der Waals surface area contributed by atoms with Gasteiger partial charge < -0.3 is 15.5 Å². The average Bonchev–Trinajstić information content (AvgIpc) is 2.82. The highest BCUT2D eigenvalue weighted by molar-refractivity contribution is 5.82. The molecule has 32 heavy (non-hydrogen) atoms. The van der Waals surface area contributed by atoms with Gasteiger partial charge in [-0.3, -0.25) is 9.69 Å². The Bertz CT molecular complexity index is 837. The molecule has 0 aromatic heterocycles. The number of hydrogen-bond acceptors (Lipinski definition) is 4. The minimum absolute atomic E-state index is 0.0702. The van der Waals surface area contributed by atoms with E-state index < -0.39 is 6.04 Å². The van der Waals surface area contributed by atoms with Crippen molar-refractivity contribution in [2.75, 3.05) is 45.8 Å². The fourth-order valence-corrected chi connectivity index (χ4v) is 4.50. The number of hydrogen-bond donors (Lipinski definition) is 1. The summed E-state index contributed by atoms with van der Waals surface area (Å²) in [6.45, 7) is 15.0. The molecule has 1 saturated heterocycles. The van der Waals surface area contributed by atoms with Crippen LogP contribution in [-0.4, -0.2) is 72.5 Å². The first kappa shape index (κ1) is 24.4. The zero-order valence-corrected chi connectivity index (χ0v) is 20.3. The van der Waals surface area contributed by atoms with E-state index in [1.54, 1.807) is 0 Å². The molecular weight excluding hydrogens is 396 g/mol. The topological polar surface area (TPSA) is 52.8 Å². The molecule has 5 nitrogen and oxygen atoms in total. The second kappa shape index (κ2) is 11.6. The van der Waals surface area contributed by atoms with Gasteiger partial charge in [-0.15, -0.1) is 0 Å². The minimum atomic E-state index is -0.479. The van der Waals surface area contributed by atoms with Crippen LogP contribution in [0.25, 0.3) is 0 Å². The third-order valence-corrected chi connectivity index (χ3v) is 6.75. The van der Waals surface area contributed by atoms with Crippen molar-refractivity contribution in [3.63, 3.8) is 0 Å². The Hall–Kier alpha value is -2.21. The molecule has 3 rings (SSSR count). The van der Waals surface area contributed by atoms with Crippen LogP contribution in [-0.2, 0) is 11.2 Å². The lowest BCUT2D eigenvalue weighted by atomic mass is 10.0. The average molecular weight is 437 g/mol. The molecule has 2 aromatic rings. The van der Waals surface area contributed by atoms with Gasteiger partial charge in [-0.05, 0) is 44.5 Å². The number of nitrogens with zero attached hydrogens (tertiary/aromatic N) is 3. The van der Waals surface area contributed by atoms with E-state index in [1.165, 1.54) is 16.7 Å². The van der Waals surface area contributed by atoms with Crippen LogP contribution in [0.3, 0.4) is 0 Å². The largest absolute Gasteiger partial charge is 0.339 e. The van der Waals surface area contributed by atoms with Crippen molar-refractivity contribution in [1.82, 2.24) is 14.7 Å². The lowest BCUT2D eigenvalue weighted by Crippen LogP contribution is -2.55. The van der Waals surface area contributed by atoms with Crippen molar-refractivity contribution in [2.45, 2.75) is 46.2 Å². The fourth-order valence-electron chi connectivity index (χ4n) is 4.50. The van der Waals surface area contributed by atoms with Crippen LogP contribution >= 0.6 is 0 Å². The van der Waals surface area contributed by atoms with Crippen LogP contribution in [0.1, 0.15) is 42.1 Å². The first-order valence-corrected chi connectivity index (χ1v) is 12.0. The Morgan fingerprint density at radius 3 is 1.97 bits per heavy atom. The molecule has 2 aromatic carbocycles. The summed E-state index contributed by atoms with van der Waals surface area (Å²) in [5, 5.41) is 0. The number of rotatable bonds is 9. The predicted octanol–water partition coefficient (Wildman–Crippen LogP) is 3.40. The van der Waals surface area contributed by atoms with Gasteiger partial charge in [0.05, 0.1) is 6.04 Å². The van der Waals surface area contributed by atoms with Gasteiger partial charge >= 0.3 is 0 Å². The molecule has 174 valence electrons. The molecule has 1 aliphatic heterocycles. The van der Waals surface area contributed by atoms with E-state index in [0.717, 1.165) is 51.4 Å². The molecule has 0 saturated carbocycles. The van der Waals surface area contributed by atoms with Crippen molar-refractivity contribution in [3.05, 3.63) is 70.8 Å². The molecule has 1 fully saturated rings. The summed E-state index contributed by atoms with van der Waals surface area (Å²) >= 11 is 0. The van der Waals surface area contributed by atoms with E-state index in [2.05, 4.69) is 86.0 Å². The Labute approximate surface area is 194 Å².